The molecule has 1 aromatic carbocycles. The van der Waals surface area contributed by atoms with E-state index < -0.39 is 12.3 Å². The molecule has 0 fully saturated rings. The fraction of sp³-hybridized carbons (Fsp3) is 0.308. The van der Waals surface area contributed by atoms with Crippen molar-refractivity contribution in [1.82, 2.24) is 0 Å². The molecule has 0 aliphatic rings. The molecule has 0 N–H and O–H groups in total. The predicted octanol–water partition coefficient (Wildman–Crippen LogP) is 2.84. The smallest absolute Gasteiger partial charge is 0.332 e. The molecule has 0 saturated heterocycles. The second-order valence-corrected chi connectivity index (χ2v) is 3.13. The van der Waals surface area contributed by atoms with Gasteiger partial charge in [0.1, 0.15) is 0 Å². The number of allylic oxidation sites excluding steroid dienone is 1. The molecular formula is C13H16O3. The summed E-state index contributed by atoms with van der Waals surface area (Å²) in [5.41, 5.74) is 0.835. The Morgan fingerprint density at radius 3 is 2.62 bits per heavy atom. The number of esters is 1. The van der Waals surface area contributed by atoms with Crippen molar-refractivity contribution in [3.8, 4) is 0 Å². The Hall–Kier alpha value is -1.61. The molecular weight excluding hydrogens is 204 g/mol. The monoisotopic (exact) mass is 220 g/mol. The number of hydrogen-bond donors (Lipinski definition) is 0. The molecule has 0 aliphatic carbocycles. The minimum Gasteiger partial charge on any atom is -0.428 e. The molecule has 86 valence electrons. The summed E-state index contributed by atoms with van der Waals surface area (Å²) in [6.45, 7) is 4.11. The van der Waals surface area contributed by atoms with E-state index in [0.29, 0.717) is 6.61 Å². The van der Waals surface area contributed by atoms with E-state index in [-0.39, 0.29) is 0 Å². The Morgan fingerprint density at radius 2 is 2.06 bits per heavy atom. The molecule has 0 aromatic heterocycles. The van der Waals surface area contributed by atoms with E-state index in [1.165, 1.54) is 6.08 Å². The zero-order chi connectivity index (χ0) is 11.8. The largest absolute Gasteiger partial charge is 0.428 e. The van der Waals surface area contributed by atoms with Gasteiger partial charge in [-0.1, -0.05) is 36.4 Å². The van der Waals surface area contributed by atoms with Gasteiger partial charge >= 0.3 is 5.97 Å². The Labute approximate surface area is 95.7 Å². The second-order valence-electron chi connectivity index (χ2n) is 3.13. The standard InChI is InChI=1S/C13H16O3/c1-3-8-12(14)16-13(15-4-2)11-9-6-5-7-10-11/h3,5-10,13H,4H2,1-2H3. The summed E-state index contributed by atoms with van der Waals surface area (Å²) in [6.07, 6.45) is 2.38. The Morgan fingerprint density at radius 1 is 1.38 bits per heavy atom. The summed E-state index contributed by atoms with van der Waals surface area (Å²) in [5, 5.41) is 0. The fourth-order valence-corrected chi connectivity index (χ4v) is 1.24. The lowest BCUT2D eigenvalue weighted by Crippen LogP contribution is -2.12. The predicted molar refractivity (Wildman–Crippen MR) is 61.7 cm³/mol. The third-order valence-corrected chi connectivity index (χ3v) is 1.92. The van der Waals surface area contributed by atoms with Crippen molar-refractivity contribution in [3.63, 3.8) is 0 Å². The summed E-state index contributed by atoms with van der Waals surface area (Å²) < 4.78 is 10.5. The summed E-state index contributed by atoms with van der Waals surface area (Å²) in [7, 11) is 0. The molecule has 0 bridgehead atoms. The van der Waals surface area contributed by atoms with Crippen LogP contribution in [0.3, 0.4) is 0 Å². The van der Waals surface area contributed by atoms with Gasteiger partial charge in [-0.15, -0.1) is 0 Å². The number of carbonyl (C=O) groups is 1. The molecule has 1 aromatic rings. The minimum atomic E-state index is -0.630. The summed E-state index contributed by atoms with van der Waals surface area (Å²) in [4.78, 5) is 11.3. The topological polar surface area (TPSA) is 35.5 Å². The third-order valence-electron chi connectivity index (χ3n) is 1.92. The van der Waals surface area contributed by atoms with Crippen molar-refractivity contribution in [3.05, 3.63) is 48.0 Å². The van der Waals surface area contributed by atoms with Crippen molar-refractivity contribution in [2.24, 2.45) is 0 Å². The molecule has 16 heavy (non-hydrogen) atoms. The number of ether oxygens (including phenoxy) is 2. The third kappa shape index (κ3) is 3.87. The highest BCUT2D eigenvalue weighted by molar-refractivity contribution is 5.81. The van der Waals surface area contributed by atoms with Gasteiger partial charge in [-0.05, 0) is 13.8 Å². The summed E-state index contributed by atoms with van der Waals surface area (Å²) in [5.74, 6) is -0.398. The maximum Gasteiger partial charge on any atom is 0.332 e. The zero-order valence-corrected chi connectivity index (χ0v) is 9.55. The Balaban J connectivity index is 2.72. The lowest BCUT2D eigenvalue weighted by Gasteiger charge is -2.16. The van der Waals surface area contributed by atoms with Gasteiger partial charge in [0.15, 0.2) is 0 Å². The van der Waals surface area contributed by atoms with Crippen LogP contribution in [0.25, 0.3) is 0 Å². The molecule has 0 aliphatic heterocycles. The maximum absolute atomic E-state index is 11.3. The molecule has 3 nitrogen and oxygen atoms in total. The van der Waals surface area contributed by atoms with Gasteiger partial charge in [-0.25, -0.2) is 4.79 Å². The van der Waals surface area contributed by atoms with Crippen LogP contribution in [0.15, 0.2) is 42.5 Å². The first kappa shape index (κ1) is 12.5. The highest BCUT2D eigenvalue weighted by Crippen LogP contribution is 2.18. The SMILES string of the molecule is CC=CC(=O)OC(OCC)c1ccccc1. The van der Waals surface area contributed by atoms with Gasteiger partial charge in [0.2, 0.25) is 6.29 Å². The molecule has 1 atom stereocenters. The van der Waals surface area contributed by atoms with Crippen LogP contribution in [-0.4, -0.2) is 12.6 Å². The van der Waals surface area contributed by atoms with E-state index in [4.69, 9.17) is 9.47 Å². The van der Waals surface area contributed by atoms with Gasteiger partial charge in [-0.3, -0.25) is 0 Å². The second kappa shape index (κ2) is 6.80. The summed E-state index contributed by atoms with van der Waals surface area (Å²) in [6, 6.07) is 9.39. The number of carbonyl (C=O) groups excluding carboxylic acids is 1. The van der Waals surface area contributed by atoms with Crippen LogP contribution >= 0.6 is 0 Å². The van der Waals surface area contributed by atoms with Crippen LogP contribution in [0.1, 0.15) is 25.7 Å². The van der Waals surface area contributed by atoms with Gasteiger partial charge in [-0.2, -0.15) is 0 Å². The van der Waals surface area contributed by atoms with E-state index in [9.17, 15) is 4.79 Å². The lowest BCUT2D eigenvalue weighted by molar-refractivity contribution is -0.174. The molecule has 0 radical (unpaired) electrons. The van der Waals surface area contributed by atoms with Gasteiger partial charge in [0.25, 0.3) is 0 Å². The quantitative estimate of drug-likeness (QED) is 0.435. The van der Waals surface area contributed by atoms with Crippen LogP contribution in [0, 0.1) is 0 Å². The van der Waals surface area contributed by atoms with Crippen LogP contribution < -0.4 is 0 Å². The molecule has 0 amide bonds. The molecule has 1 rings (SSSR count). The highest BCUT2D eigenvalue weighted by Gasteiger charge is 2.14. The van der Waals surface area contributed by atoms with Crippen LogP contribution in [0.4, 0.5) is 0 Å². The van der Waals surface area contributed by atoms with Crippen molar-refractivity contribution in [1.29, 1.82) is 0 Å². The maximum atomic E-state index is 11.3. The summed E-state index contributed by atoms with van der Waals surface area (Å²) >= 11 is 0. The van der Waals surface area contributed by atoms with E-state index in [1.807, 2.05) is 37.3 Å². The molecule has 0 heterocycles. The molecule has 0 saturated carbocycles. The lowest BCUT2D eigenvalue weighted by atomic mass is 10.2. The zero-order valence-electron chi connectivity index (χ0n) is 9.55. The van der Waals surface area contributed by atoms with Crippen LogP contribution in [0.2, 0.25) is 0 Å². The van der Waals surface area contributed by atoms with Gasteiger partial charge in [0.05, 0.1) is 0 Å². The van der Waals surface area contributed by atoms with Gasteiger partial charge in [0, 0.05) is 18.2 Å². The van der Waals surface area contributed by atoms with Crippen LogP contribution in [-0.2, 0) is 14.3 Å². The van der Waals surface area contributed by atoms with Crippen molar-refractivity contribution >= 4 is 5.97 Å². The number of rotatable bonds is 5. The van der Waals surface area contributed by atoms with E-state index in [1.54, 1.807) is 13.0 Å². The normalized spacial score (nSPS) is 12.6. The highest BCUT2D eigenvalue weighted by atomic mass is 16.7. The van der Waals surface area contributed by atoms with Crippen molar-refractivity contribution in [2.45, 2.75) is 20.1 Å². The van der Waals surface area contributed by atoms with E-state index in [2.05, 4.69) is 0 Å². The van der Waals surface area contributed by atoms with E-state index >= 15 is 0 Å². The van der Waals surface area contributed by atoms with Crippen molar-refractivity contribution < 1.29 is 14.3 Å². The van der Waals surface area contributed by atoms with E-state index in [0.717, 1.165) is 5.56 Å². The average molecular weight is 220 g/mol. The molecule has 1 unspecified atom stereocenters. The first-order chi connectivity index (χ1) is 7.77. The number of hydrogen-bond acceptors (Lipinski definition) is 3. The van der Waals surface area contributed by atoms with Gasteiger partial charge < -0.3 is 9.47 Å². The average Bonchev–Trinajstić information content (AvgIpc) is 2.30. The Kier molecular flexibility index (Phi) is 5.29. The molecule has 0 spiro atoms. The fourth-order valence-electron chi connectivity index (χ4n) is 1.24. The Bertz CT molecular complexity index is 343. The first-order valence-corrected chi connectivity index (χ1v) is 5.27. The van der Waals surface area contributed by atoms with Crippen LogP contribution in [0.5, 0.6) is 0 Å². The first-order valence-electron chi connectivity index (χ1n) is 5.27. The molecule has 3 heteroatoms. The van der Waals surface area contributed by atoms with Crippen molar-refractivity contribution in [2.75, 3.05) is 6.61 Å². The minimum absolute atomic E-state index is 0.398. The number of benzene rings is 1.